The number of benzene rings is 2. The van der Waals surface area contributed by atoms with Gasteiger partial charge in [0.05, 0.1) is 19.2 Å². The van der Waals surface area contributed by atoms with Crippen molar-refractivity contribution in [2.24, 2.45) is 0 Å². The van der Waals surface area contributed by atoms with Gasteiger partial charge in [-0.3, -0.25) is 4.79 Å². The fourth-order valence-electron chi connectivity index (χ4n) is 3.20. The second-order valence-electron chi connectivity index (χ2n) is 6.34. The van der Waals surface area contributed by atoms with Crippen molar-refractivity contribution in [3.63, 3.8) is 0 Å². The monoisotopic (exact) mass is 374 g/mol. The third-order valence-corrected chi connectivity index (χ3v) is 4.91. The molecule has 1 N–H and O–H groups in total. The number of ether oxygens (including phenoxy) is 2. The molecule has 0 aliphatic carbocycles. The molecule has 0 aromatic heterocycles. The fourth-order valence-corrected chi connectivity index (χ4v) is 3.49. The first-order chi connectivity index (χ1) is 12.5. The van der Waals surface area contributed by atoms with Crippen molar-refractivity contribution in [3.05, 3.63) is 46.5 Å². The zero-order valence-electron chi connectivity index (χ0n) is 15.3. The van der Waals surface area contributed by atoms with Crippen LogP contribution in [0.5, 0.6) is 11.5 Å². The van der Waals surface area contributed by atoms with Gasteiger partial charge in [-0.2, -0.15) is 0 Å². The zero-order chi connectivity index (χ0) is 18.7. The maximum atomic E-state index is 12.7. The van der Waals surface area contributed by atoms with Crippen molar-refractivity contribution in [3.8, 4) is 11.5 Å². The van der Waals surface area contributed by atoms with Crippen LogP contribution in [0.25, 0.3) is 0 Å². The molecule has 5 nitrogen and oxygen atoms in total. The Morgan fingerprint density at radius 2 is 1.85 bits per heavy atom. The van der Waals surface area contributed by atoms with E-state index in [9.17, 15) is 4.79 Å². The molecule has 1 aliphatic rings. The second-order valence-corrected chi connectivity index (χ2v) is 6.75. The molecule has 0 atom stereocenters. The number of amides is 1. The quantitative estimate of drug-likeness (QED) is 0.836. The van der Waals surface area contributed by atoms with Crippen molar-refractivity contribution in [2.75, 3.05) is 37.5 Å². The van der Waals surface area contributed by atoms with E-state index in [1.54, 1.807) is 12.1 Å². The highest BCUT2D eigenvalue weighted by molar-refractivity contribution is 6.32. The van der Waals surface area contributed by atoms with Gasteiger partial charge < -0.3 is 19.7 Å². The van der Waals surface area contributed by atoms with Gasteiger partial charge in [0.25, 0.3) is 5.91 Å². The smallest absolute Gasteiger partial charge is 0.255 e. The summed E-state index contributed by atoms with van der Waals surface area (Å²) in [6.45, 7) is 4.18. The van der Waals surface area contributed by atoms with Gasteiger partial charge in [-0.15, -0.1) is 0 Å². The summed E-state index contributed by atoms with van der Waals surface area (Å²) in [5, 5.41) is 3.28. The number of hydrogen-bond acceptors (Lipinski definition) is 4. The van der Waals surface area contributed by atoms with E-state index in [1.807, 2.05) is 13.0 Å². The SMILES string of the molecule is COc1cc(C(=O)Nc2ccc(N3CCCC3)cc2C)cc(Cl)c1OC. The van der Waals surface area contributed by atoms with Gasteiger partial charge in [0.1, 0.15) is 0 Å². The lowest BCUT2D eigenvalue weighted by Crippen LogP contribution is -2.18. The lowest BCUT2D eigenvalue weighted by Gasteiger charge is -2.19. The Bertz CT molecular complexity index is 817. The Balaban J connectivity index is 1.80. The van der Waals surface area contributed by atoms with Crippen molar-refractivity contribution in [1.29, 1.82) is 0 Å². The Labute approximate surface area is 158 Å². The number of rotatable bonds is 5. The van der Waals surface area contributed by atoms with Crippen LogP contribution >= 0.6 is 11.6 Å². The number of nitrogens with one attached hydrogen (secondary N) is 1. The molecule has 0 bridgehead atoms. The largest absolute Gasteiger partial charge is 0.493 e. The fraction of sp³-hybridized carbons (Fsp3) is 0.350. The van der Waals surface area contributed by atoms with E-state index in [4.69, 9.17) is 21.1 Å². The first-order valence-corrected chi connectivity index (χ1v) is 8.99. The minimum atomic E-state index is -0.245. The molecule has 2 aromatic rings. The summed E-state index contributed by atoms with van der Waals surface area (Å²) < 4.78 is 10.5. The van der Waals surface area contributed by atoms with E-state index in [0.29, 0.717) is 22.1 Å². The number of carbonyl (C=O) groups is 1. The van der Waals surface area contributed by atoms with Crippen LogP contribution in [0.3, 0.4) is 0 Å². The van der Waals surface area contributed by atoms with Crippen molar-refractivity contribution in [2.45, 2.75) is 19.8 Å². The number of anilines is 2. The molecule has 0 radical (unpaired) electrons. The van der Waals surface area contributed by atoms with Crippen molar-refractivity contribution < 1.29 is 14.3 Å². The van der Waals surface area contributed by atoms with E-state index >= 15 is 0 Å². The molecule has 26 heavy (non-hydrogen) atoms. The predicted octanol–water partition coefficient (Wildman–Crippen LogP) is 4.52. The molecule has 0 unspecified atom stereocenters. The first-order valence-electron chi connectivity index (χ1n) is 8.62. The number of nitrogens with zero attached hydrogens (tertiary/aromatic N) is 1. The molecule has 2 aromatic carbocycles. The van der Waals surface area contributed by atoms with E-state index in [-0.39, 0.29) is 5.91 Å². The lowest BCUT2D eigenvalue weighted by molar-refractivity contribution is 0.102. The molecular formula is C20H23ClN2O3. The van der Waals surface area contributed by atoms with Crippen LogP contribution in [0.4, 0.5) is 11.4 Å². The van der Waals surface area contributed by atoms with Gasteiger partial charge in [-0.25, -0.2) is 0 Å². The summed E-state index contributed by atoms with van der Waals surface area (Å²) in [4.78, 5) is 15.0. The number of carbonyl (C=O) groups excluding carboxylic acids is 1. The standard InChI is InChI=1S/C20H23ClN2O3/c1-13-10-15(23-8-4-5-9-23)6-7-17(13)22-20(24)14-11-16(21)19(26-3)18(12-14)25-2/h6-7,10-12H,4-5,8-9H2,1-3H3,(H,22,24). The molecule has 1 heterocycles. The summed E-state index contributed by atoms with van der Waals surface area (Å²) in [6.07, 6.45) is 2.47. The van der Waals surface area contributed by atoms with Gasteiger partial charge >= 0.3 is 0 Å². The predicted molar refractivity (Wildman–Crippen MR) is 105 cm³/mol. The maximum Gasteiger partial charge on any atom is 0.255 e. The van der Waals surface area contributed by atoms with Crippen LogP contribution in [0.15, 0.2) is 30.3 Å². The average molecular weight is 375 g/mol. The summed E-state index contributed by atoms with van der Waals surface area (Å²) in [6, 6.07) is 9.31. The topological polar surface area (TPSA) is 50.8 Å². The Hall–Kier alpha value is -2.40. The molecular weight excluding hydrogens is 352 g/mol. The third-order valence-electron chi connectivity index (χ3n) is 4.63. The highest BCUT2D eigenvalue weighted by Crippen LogP contribution is 2.36. The van der Waals surface area contributed by atoms with Crippen LogP contribution in [0.1, 0.15) is 28.8 Å². The lowest BCUT2D eigenvalue weighted by atomic mass is 10.1. The van der Waals surface area contributed by atoms with Gasteiger partial charge in [0.15, 0.2) is 11.5 Å². The summed E-state index contributed by atoms with van der Waals surface area (Å²) in [5.41, 5.74) is 3.42. The molecule has 1 aliphatic heterocycles. The maximum absolute atomic E-state index is 12.7. The van der Waals surface area contributed by atoms with Crippen LogP contribution < -0.4 is 19.7 Å². The first kappa shape index (κ1) is 18.4. The molecule has 1 amide bonds. The molecule has 138 valence electrons. The van der Waals surface area contributed by atoms with Crippen molar-refractivity contribution >= 4 is 28.9 Å². The molecule has 1 saturated heterocycles. The summed E-state index contributed by atoms with van der Waals surface area (Å²) >= 11 is 6.19. The van der Waals surface area contributed by atoms with E-state index in [2.05, 4.69) is 22.3 Å². The highest BCUT2D eigenvalue weighted by atomic mass is 35.5. The van der Waals surface area contributed by atoms with Crippen LogP contribution in [0.2, 0.25) is 5.02 Å². The molecule has 6 heteroatoms. The zero-order valence-corrected chi connectivity index (χ0v) is 16.0. The van der Waals surface area contributed by atoms with E-state index < -0.39 is 0 Å². The van der Waals surface area contributed by atoms with Gasteiger partial charge in [-0.1, -0.05) is 11.6 Å². The molecule has 1 fully saturated rings. The minimum absolute atomic E-state index is 0.245. The molecule has 0 saturated carbocycles. The van der Waals surface area contributed by atoms with Crippen molar-refractivity contribution in [1.82, 2.24) is 0 Å². The Kier molecular flexibility index (Phi) is 5.57. The van der Waals surface area contributed by atoms with Crippen LogP contribution in [0, 0.1) is 6.92 Å². The van der Waals surface area contributed by atoms with Crippen LogP contribution in [-0.4, -0.2) is 33.2 Å². The summed E-state index contributed by atoms with van der Waals surface area (Å²) in [7, 11) is 3.02. The normalized spacial score (nSPS) is 13.6. The summed E-state index contributed by atoms with van der Waals surface area (Å²) in [5.74, 6) is 0.591. The van der Waals surface area contributed by atoms with E-state index in [1.165, 1.54) is 32.7 Å². The number of hydrogen-bond donors (Lipinski definition) is 1. The molecule has 3 rings (SSSR count). The van der Waals surface area contributed by atoms with Gasteiger partial charge in [0, 0.05) is 30.0 Å². The van der Waals surface area contributed by atoms with Gasteiger partial charge in [0.2, 0.25) is 0 Å². The molecule has 0 spiro atoms. The minimum Gasteiger partial charge on any atom is -0.493 e. The van der Waals surface area contributed by atoms with Gasteiger partial charge in [-0.05, 0) is 55.7 Å². The number of aryl methyl sites for hydroxylation is 1. The second kappa shape index (κ2) is 7.87. The Morgan fingerprint density at radius 1 is 1.12 bits per heavy atom. The highest BCUT2D eigenvalue weighted by Gasteiger charge is 2.17. The van der Waals surface area contributed by atoms with E-state index in [0.717, 1.165) is 24.3 Å². The Morgan fingerprint density at radius 3 is 2.46 bits per heavy atom. The number of halogens is 1. The van der Waals surface area contributed by atoms with Crippen LogP contribution in [-0.2, 0) is 0 Å². The third kappa shape index (κ3) is 3.73. The number of methoxy groups -OCH3 is 2. The average Bonchev–Trinajstić information content (AvgIpc) is 3.17.